The summed E-state index contributed by atoms with van der Waals surface area (Å²) in [5, 5.41) is 23.0. The first kappa shape index (κ1) is 55.6. The number of nitrogens with one attached hydrogen (secondary N) is 1. The van der Waals surface area contributed by atoms with E-state index in [0.717, 1.165) is 38.5 Å². The fraction of sp³-hybridized carbons (Fsp3) is 0.868. The molecule has 0 heterocycles. The lowest BCUT2D eigenvalue weighted by molar-refractivity contribution is -0.123. The van der Waals surface area contributed by atoms with E-state index < -0.39 is 12.1 Å². The van der Waals surface area contributed by atoms with Gasteiger partial charge < -0.3 is 15.5 Å². The monoisotopic (exact) mass is 800 g/mol. The molecule has 0 aromatic heterocycles. The van der Waals surface area contributed by atoms with Crippen LogP contribution < -0.4 is 5.32 Å². The van der Waals surface area contributed by atoms with Gasteiger partial charge >= 0.3 is 0 Å². The second kappa shape index (κ2) is 49.0. The van der Waals surface area contributed by atoms with Crippen LogP contribution in [0.5, 0.6) is 0 Å². The molecule has 0 aromatic rings. The molecule has 2 atom stereocenters. The molecule has 0 spiro atoms. The first-order chi connectivity index (χ1) is 28.2. The van der Waals surface area contributed by atoms with Crippen molar-refractivity contribution in [2.24, 2.45) is 0 Å². The van der Waals surface area contributed by atoms with Gasteiger partial charge in [0.05, 0.1) is 18.8 Å². The van der Waals surface area contributed by atoms with E-state index in [4.69, 9.17) is 0 Å². The zero-order valence-corrected chi connectivity index (χ0v) is 38.6. The van der Waals surface area contributed by atoms with Gasteiger partial charge in [-0.1, -0.05) is 262 Å². The van der Waals surface area contributed by atoms with Crippen molar-refractivity contribution in [1.82, 2.24) is 5.32 Å². The van der Waals surface area contributed by atoms with E-state index in [1.54, 1.807) is 6.08 Å². The lowest BCUT2D eigenvalue weighted by atomic mass is 10.0. The molecule has 0 aromatic carbocycles. The van der Waals surface area contributed by atoms with Gasteiger partial charge in [0.15, 0.2) is 0 Å². The highest BCUT2D eigenvalue weighted by molar-refractivity contribution is 5.76. The topological polar surface area (TPSA) is 69.6 Å². The third-order valence-electron chi connectivity index (χ3n) is 11.9. The van der Waals surface area contributed by atoms with Crippen LogP contribution in [0.1, 0.15) is 277 Å². The van der Waals surface area contributed by atoms with Crippen LogP contribution in [0.25, 0.3) is 0 Å². The van der Waals surface area contributed by atoms with Crippen molar-refractivity contribution in [2.75, 3.05) is 6.61 Å². The summed E-state index contributed by atoms with van der Waals surface area (Å²) in [5.41, 5.74) is 0. The van der Waals surface area contributed by atoms with Crippen LogP contribution in [0.4, 0.5) is 0 Å². The van der Waals surface area contributed by atoms with Crippen LogP contribution in [0.2, 0.25) is 0 Å². The number of aliphatic hydroxyl groups excluding tert-OH is 2. The fourth-order valence-corrected chi connectivity index (χ4v) is 7.92. The minimum Gasteiger partial charge on any atom is -0.394 e. The van der Waals surface area contributed by atoms with E-state index in [-0.39, 0.29) is 12.5 Å². The molecule has 1 amide bonds. The molecule has 0 saturated heterocycles. The summed E-state index contributed by atoms with van der Waals surface area (Å²) >= 11 is 0. The minimum atomic E-state index is -0.867. The van der Waals surface area contributed by atoms with Crippen molar-refractivity contribution in [2.45, 2.75) is 289 Å². The van der Waals surface area contributed by atoms with Crippen molar-refractivity contribution >= 4 is 5.91 Å². The Hall–Kier alpha value is -1.39. The van der Waals surface area contributed by atoms with E-state index in [2.05, 4.69) is 43.5 Å². The number of unbranched alkanes of at least 4 members (excludes halogenated alkanes) is 36. The smallest absolute Gasteiger partial charge is 0.220 e. The summed E-state index contributed by atoms with van der Waals surface area (Å²) in [5.74, 6) is -0.0763. The van der Waals surface area contributed by atoms with Gasteiger partial charge in [0.25, 0.3) is 0 Å². The van der Waals surface area contributed by atoms with Gasteiger partial charge in [-0.15, -0.1) is 0 Å². The van der Waals surface area contributed by atoms with E-state index >= 15 is 0 Å². The Bertz CT molecular complexity index is 866. The Morgan fingerprint density at radius 1 is 0.404 bits per heavy atom. The van der Waals surface area contributed by atoms with Crippen molar-refractivity contribution in [3.8, 4) is 0 Å². The average Bonchev–Trinajstić information content (AvgIpc) is 3.22. The molecule has 336 valence electrons. The van der Waals surface area contributed by atoms with Gasteiger partial charge in [-0.3, -0.25) is 4.79 Å². The molecule has 0 rings (SSSR count). The lowest BCUT2D eigenvalue weighted by Crippen LogP contribution is -2.45. The van der Waals surface area contributed by atoms with Crippen molar-refractivity contribution in [3.05, 3.63) is 36.5 Å². The fourth-order valence-electron chi connectivity index (χ4n) is 7.92. The second-order valence-corrected chi connectivity index (χ2v) is 17.6. The zero-order valence-electron chi connectivity index (χ0n) is 38.6. The SMILES string of the molecule is CCCCCCCCCCCCCCCCCCCCCCCC/C=C/CC/C=C/CC/C=C/C(O)C(CO)NC(=O)CCCCCCCCCCCCCCC. The third-order valence-corrected chi connectivity index (χ3v) is 11.9. The first-order valence-corrected chi connectivity index (χ1v) is 25.7. The largest absolute Gasteiger partial charge is 0.394 e. The first-order valence-electron chi connectivity index (χ1n) is 25.7. The van der Waals surface area contributed by atoms with Crippen molar-refractivity contribution < 1.29 is 15.0 Å². The van der Waals surface area contributed by atoms with E-state index in [1.807, 2.05) is 6.08 Å². The van der Waals surface area contributed by atoms with Crippen LogP contribution >= 0.6 is 0 Å². The predicted molar refractivity (Wildman–Crippen MR) is 253 cm³/mol. The predicted octanol–water partition coefficient (Wildman–Crippen LogP) is 16.5. The number of carbonyl (C=O) groups excluding carboxylic acids is 1. The quantitative estimate of drug-likeness (QED) is 0.0424. The highest BCUT2D eigenvalue weighted by atomic mass is 16.3. The Balaban J connectivity index is 3.52. The van der Waals surface area contributed by atoms with Crippen LogP contribution in [-0.2, 0) is 4.79 Å². The number of rotatable bonds is 47. The number of carbonyl (C=O) groups is 1. The van der Waals surface area contributed by atoms with Crippen LogP contribution in [0.15, 0.2) is 36.5 Å². The van der Waals surface area contributed by atoms with Gasteiger partial charge in [0.1, 0.15) is 0 Å². The number of amides is 1. The molecule has 0 aliphatic rings. The number of hydrogen-bond donors (Lipinski definition) is 3. The van der Waals surface area contributed by atoms with E-state index in [0.29, 0.717) is 6.42 Å². The maximum atomic E-state index is 12.4. The van der Waals surface area contributed by atoms with Gasteiger partial charge in [-0.2, -0.15) is 0 Å². The highest BCUT2D eigenvalue weighted by Crippen LogP contribution is 2.16. The third kappa shape index (κ3) is 45.5. The maximum Gasteiger partial charge on any atom is 0.220 e. The molecule has 0 radical (unpaired) electrons. The molecule has 0 aliphatic carbocycles. The van der Waals surface area contributed by atoms with Crippen LogP contribution in [0, 0.1) is 0 Å². The van der Waals surface area contributed by atoms with Crippen LogP contribution in [0.3, 0.4) is 0 Å². The minimum absolute atomic E-state index is 0.0763. The van der Waals surface area contributed by atoms with Gasteiger partial charge in [-0.05, 0) is 44.9 Å². The molecule has 0 aliphatic heterocycles. The molecule has 0 saturated carbocycles. The molecule has 3 N–H and O–H groups in total. The molecule has 57 heavy (non-hydrogen) atoms. The number of aliphatic hydroxyl groups is 2. The molecule has 0 fully saturated rings. The van der Waals surface area contributed by atoms with Gasteiger partial charge in [-0.25, -0.2) is 0 Å². The van der Waals surface area contributed by atoms with Crippen molar-refractivity contribution in [3.63, 3.8) is 0 Å². The molecular formula is C53H101NO3. The molecule has 0 bridgehead atoms. The Kier molecular flexibility index (Phi) is 47.8. The van der Waals surface area contributed by atoms with E-state index in [9.17, 15) is 15.0 Å². The summed E-state index contributed by atoms with van der Waals surface area (Å²) < 4.78 is 0. The number of hydrogen-bond acceptors (Lipinski definition) is 3. The van der Waals surface area contributed by atoms with Gasteiger partial charge in [0, 0.05) is 6.42 Å². The van der Waals surface area contributed by atoms with Gasteiger partial charge in [0.2, 0.25) is 5.91 Å². The second-order valence-electron chi connectivity index (χ2n) is 17.6. The summed E-state index contributed by atoms with van der Waals surface area (Å²) in [6, 6.07) is -0.642. The number of allylic oxidation sites excluding steroid dienone is 5. The summed E-state index contributed by atoms with van der Waals surface area (Å²) in [4.78, 5) is 12.4. The summed E-state index contributed by atoms with van der Waals surface area (Å²) in [7, 11) is 0. The molecule has 2 unspecified atom stereocenters. The highest BCUT2D eigenvalue weighted by Gasteiger charge is 2.17. The zero-order chi connectivity index (χ0) is 41.4. The standard InChI is InChI=1S/C53H101NO3/c1-3-5-7-9-11-13-15-17-18-19-20-21-22-23-24-25-26-27-28-29-30-31-32-33-34-35-37-38-40-42-44-46-48-52(56)51(50-55)54-53(57)49-47-45-43-41-39-36-16-14-12-10-8-6-4-2/h33-34,38,40,46,48,51-52,55-56H,3-32,35-37,39,41-45,47,49-50H2,1-2H3,(H,54,57)/b34-33+,40-38+,48-46+. The maximum absolute atomic E-state index is 12.4. The Labute approximate surface area is 357 Å². The Morgan fingerprint density at radius 2 is 0.684 bits per heavy atom. The summed E-state index contributed by atoms with van der Waals surface area (Å²) in [6.07, 6.45) is 65.9. The van der Waals surface area contributed by atoms with Crippen LogP contribution in [-0.4, -0.2) is 34.9 Å². The molecule has 4 nitrogen and oxygen atoms in total. The average molecular weight is 800 g/mol. The van der Waals surface area contributed by atoms with E-state index in [1.165, 1.54) is 218 Å². The molecular weight excluding hydrogens is 699 g/mol. The summed E-state index contributed by atoms with van der Waals surface area (Å²) in [6.45, 7) is 4.31. The normalized spacial score (nSPS) is 13.1. The lowest BCUT2D eigenvalue weighted by Gasteiger charge is -2.19. The Morgan fingerprint density at radius 3 is 1.02 bits per heavy atom. The van der Waals surface area contributed by atoms with Crippen molar-refractivity contribution in [1.29, 1.82) is 0 Å². The molecule has 4 heteroatoms.